The fraction of sp³-hybridized carbons (Fsp3) is 0.500. The number of aromatic carboxylic acids is 2. The van der Waals surface area contributed by atoms with Crippen LogP contribution in [-0.4, -0.2) is 47.6 Å². The van der Waals surface area contributed by atoms with Gasteiger partial charge in [0.2, 0.25) is 0 Å². The molecule has 0 aliphatic carbocycles. The number of epoxide rings is 2. The van der Waals surface area contributed by atoms with E-state index in [0.29, 0.717) is 25.0 Å². The minimum Gasteiger partial charge on any atom is -0.478 e. The Morgan fingerprint density at radius 2 is 1.59 bits per heavy atom. The van der Waals surface area contributed by atoms with Crippen molar-refractivity contribution in [1.29, 1.82) is 0 Å². The standard InChI is InChI=1S/C16H18O6/c17-15(18)13-5-2-9(1-3-10-7-21-10)12(14(13)16(19)20)6-4-11-8-22-11/h2,5,10-11H,1,3-4,6-8H2,(H,17,18)(H,19,20). The van der Waals surface area contributed by atoms with E-state index in [0.717, 1.165) is 25.0 Å². The Kier molecular flexibility index (Phi) is 4.13. The van der Waals surface area contributed by atoms with E-state index in [1.165, 1.54) is 6.07 Å². The van der Waals surface area contributed by atoms with Crippen molar-refractivity contribution in [1.82, 2.24) is 0 Å². The number of benzene rings is 1. The Bertz CT molecular complexity index is 601. The molecule has 2 heterocycles. The summed E-state index contributed by atoms with van der Waals surface area (Å²) < 4.78 is 10.4. The number of hydrogen-bond acceptors (Lipinski definition) is 4. The third kappa shape index (κ3) is 3.45. The first-order chi connectivity index (χ1) is 10.6. The number of rotatable bonds is 8. The van der Waals surface area contributed by atoms with Crippen LogP contribution in [0.3, 0.4) is 0 Å². The number of ether oxygens (including phenoxy) is 2. The maximum absolute atomic E-state index is 11.6. The fourth-order valence-corrected chi connectivity index (χ4v) is 2.72. The molecule has 6 heteroatoms. The molecule has 1 aromatic carbocycles. The first-order valence-electron chi connectivity index (χ1n) is 7.41. The summed E-state index contributed by atoms with van der Waals surface area (Å²) in [7, 11) is 0. The van der Waals surface area contributed by atoms with Crippen LogP contribution in [0.15, 0.2) is 12.1 Å². The van der Waals surface area contributed by atoms with Crippen LogP contribution in [0, 0.1) is 0 Å². The molecule has 2 atom stereocenters. The average Bonchev–Trinajstić information content (AvgIpc) is 3.36. The Morgan fingerprint density at radius 3 is 2.09 bits per heavy atom. The molecule has 1 aromatic rings. The topological polar surface area (TPSA) is 99.7 Å². The van der Waals surface area contributed by atoms with Gasteiger partial charge in [-0.05, 0) is 42.9 Å². The zero-order chi connectivity index (χ0) is 15.7. The molecule has 2 fully saturated rings. The molecule has 0 amide bonds. The van der Waals surface area contributed by atoms with E-state index >= 15 is 0 Å². The maximum atomic E-state index is 11.6. The summed E-state index contributed by atoms with van der Waals surface area (Å²) in [6.07, 6.45) is 3.20. The van der Waals surface area contributed by atoms with E-state index in [1.807, 2.05) is 0 Å². The molecular weight excluding hydrogens is 288 g/mol. The highest BCUT2D eigenvalue weighted by Gasteiger charge is 2.28. The first kappa shape index (κ1) is 15.0. The summed E-state index contributed by atoms with van der Waals surface area (Å²) in [6, 6.07) is 3.13. The van der Waals surface area contributed by atoms with Crippen molar-refractivity contribution in [2.75, 3.05) is 13.2 Å². The molecular formula is C16H18O6. The number of carboxylic acids is 2. The van der Waals surface area contributed by atoms with Crippen LogP contribution in [0.4, 0.5) is 0 Å². The molecule has 2 aliphatic rings. The normalized spacial score (nSPS) is 22.4. The minimum absolute atomic E-state index is 0.0811. The third-order valence-electron chi connectivity index (χ3n) is 4.11. The Hall–Kier alpha value is -1.92. The molecule has 2 saturated heterocycles. The Balaban J connectivity index is 1.92. The van der Waals surface area contributed by atoms with E-state index in [2.05, 4.69) is 0 Å². The molecule has 118 valence electrons. The fourth-order valence-electron chi connectivity index (χ4n) is 2.72. The van der Waals surface area contributed by atoms with Gasteiger partial charge in [0.15, 0.2) is 0 Å². The van der Waals surface area contributed by atoms with Gasteiger partial charge in [0.05, 0.1) is 36.5 Å². The van der Waals surface area contributed by atoms with Crippen LogP contribution < -0.4 is 0 Å². The number of aryl methyl sites for hydroxylation is 1. The molecule has 2 unspecified atom stereocenters. The molecule has 22 heavy (non-hydrogen) atoms. The van der Waals surface area contributed by atoms with Crippen LogP contribution in [0.1, 0.15) is 44.7 Å². The molecule has 0 aromatic heterocycles. The molecule has 0 radical (unpaired) electrons. The molecule has 3 rings (SSSR count). The van der Waals surface area contributed by atoms with Crippen LogP contribution in [0.2, 0.25) is 0 Å². The zero-order valence-corrected chi connectivity index (χ0v) is 12.1. The summed E-state index contributed by atoms with van der Waals surface area (Å²) in [4.78, 5) is 22.9. The molecule has 0 spiro atoms. The largest absolute Gasteiger partial charge is 0.478 e. The predicted octanol–water partition coefficient (Wildman–Crippen LogP) is 1.75. The zero-order valence-electron chi connectivity index (χ0n) is 12.1. The van der Waals surface area contributed by atoms with Gasteiger partial charge in [0.25, 0.3) is 0 Å². The van der Waals surface area contributed by atoms with Crippen LogP contribution >= 0.6 is 0 Å². The Labute approximate surface area is 127 Å². The van der Waals surface area contributed by atoms with Gasteiger partial charge in [0.1, 0.15) is 0 Å². The highest BCUT2D eigenvalue weighted by molar-refractivity contribution is 6.03. The lowest BCUT2D eigenvalue weighted by Crippen LogP contribution is -2.14. The van der Waals surface area contributed by atoms with Gasteiger partial charge in [0, 0.05) is 0 Å². The smallest absolute Gasteiger partial charge is 0.336 e. The lowest BCUT2D eigenvalue weighted by molar-refractivity contribution is 0.0650. The maximum Gasteiger partial charge on any atom is 0.336 e. The Morgan fingerprint density at radius 1 is 1.00 bits per heavy atom. The van der Waals surface area contributed by atoms with Crippen molar-refractivity contribution in [2.24, 2.45) is 0 Å². The molecule has 0 saturated carbocycles. The van der Waals surface area contributed by atoms with Gasteiger partial charge >= 0.3 is 11.9 Å². The molecule has 0 bridgehead atoms. The van der Waals surface area contributed by atoms with E-state index in [4.69, 9.17) is 9.47 Å². The third-order valence-corrected chi connectivity index (χ3v) is 4.11. The minimum atomic E-state index is -1.21. The highest BCUT2D eigenvalue weighted by Crippen LogP contribution is 2.27. The van der Waals surface area contributed by atoms with Gasteiger partial charge in [-0.2, -0.15) is 0 Å². The molecule has 6 nitrogen and oxygen atoms in total. The second-order valence-corrected chi connectivity index (χ2v) is 5.72. The average molecular weight is 306 g/mol. The second-order valence-electron chi connectivity index (χ2n) is 5.72. The van der Waals surface area contributed by atoms with Crippen molar-refractivity contribution in [3.63, 3.8) is 0 Å². The van der Waals surface area contributed by atoms with E-state index in [-0.39, 0.29) is 23.3 Å². The SMILES string of the molecule is O=C(O)c1ccc(CCC2CO2)c(CCC2CO2)c1C(=O)O. The van der Waals surface area contributed by atoms with Crippen LogP contribution in [0.5, 0.6) is 0 Å². The van der Waals surface area contributed by atoms with Gasteiger partial charge in [-0.25, -0.2) is 9.59 Å². The van der Waals surface area contributed by atoms with Crippen molar-refractivity contribution < 1.29 is 29.3 Å². The van der Waals surface area contributed by atoms with Gasteiger partial charge in [-0.3, -0.25) is 0 Å². The highest BCUT2D eigenvalue weighted by atomic mass is 16.6. The van der Waals surface area contributed by atoms with Gasteiger partial charge in [-0.15, -0.1) is 0 Å². The summed E-state index contributed by atoms with van der Waals surface area (Å²) >= 11 is 0. The lowest BCUT2D eigenvalue weighted by Gasteiger charge is -2.14. The van der Waals surface area contributed by atoms with Crippen LogP contribution in [-0.2, 0) is 22.3 Å². The summed E-state index contributed by atoms with van der Waals surface area (Å²) in [5, 5.41) is 18.7. The summed E-state index contributed by atoms with van der Waals surface area (Å²) in [5.74, 6) is -2.40. The number of carbonyl (C=O) groups is 2. The summed E-state index contributed by atoms with van der Waals surface area (Å²) in [6.45, 7) is 1.45. The van der Waals surface area contributed by atoms with Crippen molar-refractivity contribution in [2.45, 2.75) is 37.9 Å². The molecule has 2 N–H and O–H groups in total. The van der Waals surface area contributed by atoms with E-state index < -0.39 is 11.9 Å². The van der Waals surface area contributed by atoms with Crippen molar-refractivity contribution >= 4 is 11.9 Å². The molecule has 2 aliphatic heterocycles. The quantitative estimate of drug-likeness (QED) is 0.710. The second kappa shape index (κ2) is 6.06. The van der Waals surface area contributed by atoms with E-state index in [9.17, 15) is 19.8 Å². The first-order valence-corrected chi connectivity index (χ1v) is 7.41. The number of carboxylic acid groups (broad SMARTS) is 2. The van der Waals surface area contributed by atoms with Crippen LogP contribution in [0.25, 0.3) is 0 Å². The predicted molar refractivity (Wildman–Crippen MR) is 76.5 cm³/mol. The lowest BCUT2D eigenvalue weighted by atomic mass is 9.90. The van der Waals surface area contributed by atoms with Gasteiger partial charge in [-0.1, -0.05) is 6.07 Å². The van der Waals surface area contributed by atoms with Crippen molar-refractivity contribution in [3.8, 4) is 0 Å². The number of hydrogen-bond donors (Lipinski definition) is 2. The van der Waals surface area contributed by atoms with E-state index in [1.54, 1.807) is 6.07 Å². The van der Waals surface area contributed by atoms with Crippen molar-refractivity contribution in [3.05, 3.63) is 34.4 Å². The summed E-state index contributed by atoms with van der Waals surface area (Å²) in [5.41, 5.74) is 1.30. The van der Waals surface area contributed by atoms with Gasteiger partial charge < -0.3 is 19.7 Å². The monoisotopic (exact) mass is 306 g/mol.